The van der Waals surface area contributed by atoms with E-state index in [1.807, 2.05) is 0 Å². The van der Waals surface area contributed by atoms with E-state index in [1.54, 1.807) is 11.1 Å². The molecule has 0 spiro atoms. The van der Waals surface area contributed by atoms with Crippen molar-refractivity contribution < 1.29 is 0 Å². The first-order valence-electron chi connectivity index (χ1n) is 7.52. The molecule has 0 bridgehead atoms. The van der Waals surface area contributed by atoms with Crippen molar-refractivity contribution in [2.24, 2.45) is 23.7 Å². The van der Waals surface area contributed by atoms with Crippen LogP contribution in [0.2, 0.25) is 0 Å². The van der Waals surface area contributed by atoms with Crippen LogP contribution in [0.15, 0.2) is 23.3 Å². The maximum Gasteiger partial charge on any atom is -0.0126 e. The summed E-state index contributed by atoms with van der Waals surface area (Å²) in [4.78, 5) is 0. The van der Waals surface area contributed by atoms with Gasteiger partial charge in [-0.1, -0.05) is 19.1 Å². The summed E-state index contributed by atoms with van der Waals surface area (Å²) in [5.41, 5.74) is 3.44. The summed E-state index contributed by atoms with van der Waals surface area (Å²) < 4.78 is 0. The van der Waals surface area contributed by atoms with Crippen molar-refractivity contribution in [2.45, 2.75) is 32.6 Å². The van der Waals surface area contributed by atoms with Gasteiger partial charge in [0.25, 0.3) is 0 Å². The van der Waals surface area contributed by atoms with Crippen molar-refractivity contribution in [1.82, 2.24) is 0 Å². The Morgan fingerprint density at radius 2 is 1.67 bits per heavy atom. The maximum atomic E-state index is 2.70. The van der Waals surface area contributed by atoms with E-state index >= 15 is 0 Å². The molecule has 0 nitrogen and oxygen atoms in total. The molecule has 0 aliphatic heterocycles. The molecule has 0 N–H and O–H groups in total. The summed E-state index contributed by atoms with van der Waals surface area (Å²) in [6.45, 7) is 2.49. The summed E-state index contributed by atoms with van der Waals surface area (Å²) >= 11 is 0. The van der Waals surface area contributed by atoms with Crippen molar-refractivity contribution >= 4 is 10.0 Å². The average Bonchev–Trinajstić information content (AvgIpc) is 2.80. The van der Waals surface area contributed by atoms with Crippen molar-refractivity contribution in [1.29, 1.82) is 0 Å². The van der Waals surface area contributed by atoms with E-state index in [9.17, 15) is 0 Å². The largest absolute Gasteiger partial charge is 0.249 e. The van der Waals surface area contributed by atoms with Crippen LogP contribution in [0.5, 0.6) is 0 Å². The Labute approximate surface area is 114 Å². The van der Waals surface area contributed by atoms with Gasteiger partial charge in [0.2, 0.25) is 0 Å². The lowest BCUT2D eigenvalue weighted by Crippen LogP contribution is -2.21. The zero-order valence-electron chi connectivity index (χ0n) is 12.4. The molecule has 2 saturated carbocycles. The van der Waals surface area contributed by atoms with Gasteiger partial charge in [-0.3, -0.25) is 0 Å². The normalized spacial score (nSPS) is 40.0. The second-order valence-electron chi connectivity index (χ2n) is 7.62. The van der Waals surface area contributed by atoms with E-state index < -0.39 is 0 Å². The molecular formula is C17H28S. The van der Waals surface area contributed by atoms with Crippen LogP contribution in [0.1, 0.15) is 32.6 Å². The lowest BCUT2D eigenvalue weighted by molar-refractivity contribution is 0.424. The molecule has 0 aromatic carbocycles. The molecule has 1 heteroatoms. The maximum absolute atomic E-state index is 2.70. The van der Waals surface area contributed by atoms with Gasteiger partial charge in [0.15, 0.2) is 0 Å². The Bertz CT molecular complexity index is 396. The predicted octanol–water partition coefficient (Wildman–Crippen LogP) is 4.62. The first-order valence-corrected chi connectivity index (χ1v) is 10.5. The predicted molar refractivity (Wildman–Crippen MR) is 84.5 cm³/mol. The Hall–Kier alpha value is -0.170. The summed E-state index contributed by atoms with van der Waals surface area (Å²) in [7, 11) is -0.354. The van der Waals surface area contributed by atoms with Gasteiger partial charge in [0.05, 0.1) is 0 Å². The Balaban J connectivity index is 1.84. The first kappa shape index (κ1) is 12.8. The van der Waals surface area contributed by atoms with Crippen molar-refractivity contribution in [3.05, 3.63) is 23.3 Å². The van der Waals surface area contributed by atoms with Crippen LogP contribution in [-0.4, -0.2) is 24.5 Å². The highest BCUT2D eigenvalue weighted by molar-refractivity contribution is 8.32. The number of fused-ring (bicyclic) bond motifs is 2. The molecule has 0 amide bonds. The minimum absolute atomic E-state index is 0.354. The monoisotopic (exact) mass is 264 g/mol. The smallest absolute Gasteiger partial charge is 0.0126 e. The van der Waals surface area contributed by atoms with E-state index in [-0.39, 0.29) is 10.0 Å². The molecule has 0 heterocycles. The Kier molecular flexibility index (Phi) is 3.17. The molecule has 4 atom stereocenters. The van der Waals surface area contributed by atoms with Gasteiger partial charge in [-0.05, 0) is 85.0 Å². The molecule has 3 rings (SSSR count). The molecule has 0 radical (unpaired) electrons. The third-order valence-electron chi connectivity index (χ3n) is 5.13. The van der Waals surface area contributed by atoms with E-state index in [0.29, 0.717) is 0 Å². The van der Waals surface area contributed by atoms with Crippen molar-refractivity contribution in [2.75, 3.05) is 24.5 Å². The Morgan fingerprint density at radius 1 is 1.06 bits per heavy atom. The second kappa shape index (κ2) is 4.44. The molecule has 0 aromatic heterocycles. The SMILES string of the molecule is CC1CC(CS(C)(C)C)C2C=C3CCCC3=CC12. The standard InChI is InChI=1S/C17H28S/c1-12-8-15(11-18(2,3)4)17-10-14-7-5-6-13(14)9-16(12)17/h9-10,12,15-17H,5-8,11H2,1-4H3. The summed E-state index contributed by atoms with van der Waals surface area (Å²) in [6, 6.07) is 0. The van der Waals surface area contributed by atoms with Gasteiger partial charge >= 0.3 is 0 Å². The lowest BCUT2D eigenvalue weighted by Gasteiger charge is -2.33. The summed E-state index contributed by atoms with van der Waals surface area (Å²) in [6.07, 6.45) is 18.4. The summed E-state index contributed by atoms with van der Waals surface area (Å²) in [5.74, 6) is 5.10. The van der Waals surface area contributed by atoms with Crippen LogP contribution in [-0.2, 0) is 0 Å². The molecule has 18 heavy (non-hydrogen) atoms. The number of hydrogen-bond acceptors (Lipinski definition) is 0. The van der Waals surface area contributed by atoms with Crippen molar-refractivity contribution in [3.8, 4) is 0 Å². The molecule has 2 fully saturated rings. The lowest BCUT2D eigenvalue weighted by atomic mass is 9.80. The highest BCUT2D eigenvalue weighted by Gasteiger charge is 2.42. The zero-order chi connectivity index (χ0) is 12.9. The van der Waals surface area contributed by atoms with Gasteiger partial charge in [0.1, 0.15) is 0 Å². The van der Waals surface area contributed by atoms with Crippen LogP contribution in [0.3, 0.4) is 0 Å². The second-order valence-corrected chi connectivity index (χ2v) is 12.1. The van der Waals surface area contributed by atoms with E-state index in [0.717, 1.165) is 23.7 Å². The number of hydrogen-bond donors (Lipinski definition) is 0. The van der Waals surface area contributed by atoms with Gasteiger partial charge in [-0.25, -0.2) is 10.0 Å². The van der Waals surface area contributed by atoms with E-state index in [4.69, 9.17) is 0 Å². The molecule has 0 aromatic rings. The highest BCUT2D eigenvalue weighted by atomic mass is 32.3. The van der Waals surface area contributed by atoms with Crippen LogP contribution in [0, 0.1) is 23.7 Å². The van der Waals surface area contributed by atoms with Crippen LogP contribution in [0.25, 0.3) is 0 Å². The highest BCUT2D eigenvalue weighted by Crippen LogP contribution is 2.53. The third kappa shape index (κ3) is 2.31. The van der Waals surface area contributed by atoms with Crippen molar-refractivity contribution in [3.63, 3.8) is 0 Å². The van der Waals surface area contributed by atoms with Crippen LogP contribution < -0.4 is 0 Å². The first-order chi connectivity index (χ1) is 8.44. The molecule has 102 valence electrons. The fraction of sp³-hybridized carbons (Fsp3) is 0.765. The number of allylic oxidation sites excluding steroid dienone is 4. The van der Waals surface area contributed by atoms with E-state index in [2.05, 4.69) is 37.8 Å². The van der Waals surface area contributed by atoms with E-state index in [1.165, 1.54) is 31.4 Å². The van der Waals surface area contributed by atoms with Gasteiger partial charge in [-0.15, -0.1) is 0 Å². The summed E-state index contributed by atoms with van der Waals surface area (Å²) in [5, 5.41) is 0. The third-order valence-corrected chi connectivity index (χ3v) is 6.55. The zero-order valence-corrected chi connectivity index (χ0v) is 13.2. The molecular weight excluding hydrogens is 236 g/mol. The molecule has 3 aliphatic carbocycles. The minimum Gasteiger partial charge on any atom is -0.249 e. The topological polar surface area (TPSA) is 0 Å². The van der Waals surface area contributed by atoms with Crippen LogP contribution in [0.4, 0.5) is 0 Å². The average molecular weight is 264 g/mol. The Morgan fingerprint density at radius 3 is 2.28 bits per heavy atom. The minimum atomic E-state index is -0.354. The molecule has 4 unspecified atom stereocenters. The molecule has 0 saturated heterocycles. The fourth-order valence-electron chi connectivity index (χ4n) is 4.47. The van der Waals surface area contributed by atoms with Gasteiger partial charge < -0.3 is 0 Å². The molecule has 3 aliphatic rings. The van der Waals surface area contributed by atoms with Crippen LogP contribution >= 0.6 is 10.0 Å². The quantitative estimate of drug-likeness (QED) is 0.683. The van der Waals surface area contributed by atoms with Gasteiger partial charge in [-0.2, -0.15) is 0 Å². The number of rotatable bonds is 2. The fourth-order valence-corrected chi connectivity index (χ4v) is 6.11. The van der Waals surface area contributed by atoms with Gasteiger partial charge in [0, 0.05) is 0 Å².